The van der Waals surface area contributed by atoms with Gasteiger partial charge in [0.15, 0.2) is 9.84 Å². The zero-order valence-corrected chi connectivity index (χ0v) is 7.06. The Morgan fingerprint density at radius 2 is 2.10 bits per heavy atom. The van der Waals surface area contributed by atoms with Crippen molar-refractivity contribution in [2.24, 2.45) is 5.73 Å². The molecule has 0 aliphatic carbocycles. The van der Waals surface area contributed by atoms with Crippen molar-refractivity contribution < 1.29 is 8.42 Å². The molecule has 0 aromatic heterocycles. The molecule has 0 fully saturated rings. The molecule has 0 aromatic rings. The molecule has 3 nitrogen and oxygen atoms in total. The molecule has 60 valence electrons. The van der Waals surface area contributed by atoms with Gasteiger partial charge in [0.1, 0.15) is 0 Å². The predicted molar refractivity (Wildman–Crippen MR) is 42.3 cm³/mol. The van der Waals surface area contributed by atoms with E-state index in [-0.39, 0.29) is 11.8 Å². The Hall–Kier alpha value is -0.350. The maximum atomic E-state index is 10.8. The predicted octanol–water partition coefficient (Wildman–Crippen LogP) is 0.282. The summed E-state index contributed by atoms with van der Waals surface area (Å²) in [6.07, 6.45) is 1.47. The highest BCUT2D eigenvalue weighted by molar-refractivity contribution is 7.94. The molecule has 4 heteroatoms. The summed E-state index contributed by atoms with van der Waals surface area (Å²) in [7, 11) is -2.98. The number of nitrogens with two attached hydrogens (primary N) is 1. The van der Waals surface area contributed by atoms with Gasteiger partial charge < -0.3 is 5.73 Å². The van der Waals surface area contributed by atoms with Crippen LogP contribution in [0, 0.1) is 0 Å². The first kappa shape index (κ1) is 9.65. The molecular formula is C6H13NO2S. The Morgan fingerprint density at radius 1 is 1.60 bits per heavy atom. The van der Waals surface area contributed by atoms with E-state index in [4.69, 9.17) is 5.73 Å². The maximum absolute atomic E-state index is 10.8. The fraction of sp³-hybridized carbons (Fsp3) is 0.667. The van der Waals surface area contributed by atoms with Gasteiger partial charge in [0.05, 0.1) is 5.75 Å². The first-order valence-corrected chi connectivity index (χ1v) is 4.86. The largest absolute Gasteiger partial charge is 0.325 e. The van der Waals surface area contributed by atoms with Crippen molar-refractivity contribution in [3.63, 3.8) is 0 Å². The third kappa shape index (κ3) is 4.52. The van der Waals surface area contributed by atoms with Gasteiger partial charge in [-0.25, -0.2) is 8.42 Å². The van der Waals surface area contributed by atoms with E-state index in [0.717, 1.165) is 5.41 Å². The molecule has 0 rings (SSSR count). The number of hydrogen-bond donors (Lipinski definition) is 1. The van der Waals surface area contributed by atoms with Crippen LogP contribution in [-0.2, 0) is 9.84 Å². The lowest BCUT2D eigenvalue weighted by atomic mass is 10.4. The van der Waals surface area contributed by atoms with Gasteiger partial charge in [0.2, 0.25) is 0 Å². The average molecular weight is 163 g/mol. The van der Waals surface area contributed by atoms with Gasteiger partial charge >= 0.3 is 0 Å². The Kier molecular flexibility index (Phi) is 3.60. The summed E-state index contributed by atoms with van der Waals surface area (Å²) in [6, 6.07) is -0.193. The van der Waals surface area contributed by atoms with Gasteiger partial charge in [-0.3, -0.25) is 0 Å². The van der Waals surface area contributed by atoms with Crippen molar-refractivity contribution in [3.8, 4) is 0 Å². The summed E-state index contributed by atoms with van der Waals surface area (Å²) < 4.78 is 21.5. The van der Waals surface area contributed by atoms with E-state index in [2.05, 4.69) is 0 Å². The molecule has 10 heavy (non-hydrogen) atoms. The van der Waals surface area contributed by atoms with E-state index in [9.17, 15) is 8.42 Å². The molecule has 0 aromatic carbocycles. The van der Waals surface area contributed by atoms with Crippen molar-refractivity contribution in [1.29, 1.82) is 0 Å². The molecule has 0 amide bonds. The molecule has 0 saturated heterocycles. The Labute approximate surface area is 61.8 Å². The molecular weight excluding hydrogens is 150 g/mol. The van der Waals surface area contributed by atoms with Crippen LogP contribution in [0.25, 0.3) is 0 Å². The minimum absolute atomic E-state index is 0.135. The van der Waals surface area contributed by atoms with Gasteiger partial charge in [-0.2, -0.15) is 0 Å². The molecule has 0 heterocycles. The molecule has 0 aliphatic heterocycles. The van der Waals surface area contributed by atoms with Crippen molar-refractivity contribution in [1.82, 2.24) is 0 Å². The van der Waals surface area contributed by atoms with Crippen LogP contribution < -0.4 is 5.73 Å². The fourth-order valence-electron chi connectivity index (χ4n) is 0.340. The van der Waals surface area contributed by atoms with E-state index in [0.29, 0.717) is 0 Å². The van der Waals surface area contributed by atoms with Gasteiger partial charge in [-0.1, -0.05) is 13.0 Å². The molecule has 0 aliphatic rings. The number of hydrogen-bond acceptors (Lipinski definition) is 3. The third-order valence-corrected chi connectivity index (χ3v) is 2.37. The fourth-order valence-corrected chi connectivity index (χ4v) is 1.02. The quantitative estimate of drug-likeness (QED) is 0.650. The monoisotopic (exact) mass is 163 g/mol. The first-order chi connectivity index (χ1) is 4.48. The van der Waals surface area contributed by atoms with Crippen LogP contribution in [-0.4, -0.2) is 20.2 Å². The van der Waals surface area contributed by atoms with Gasteiger partial charge in [-0.15, -0.1) is 0 Å². The smallest absolute Gasteiger partial charge is 0.171 e. The van der Waals surface area contributed by atoms with Crippen LogP contribution >= 0.6 is 0 Å². The molecule has 2 N–H and O–H groups in total. The second-order valence-electron chi connectivity index (χ2n) is 2.14. The summed E-state index contributed by atoms with van der Waals surface area (Å²) in [5.41, 5.74) is 5.30. The van der Waals surface area contributed by atoms with Gasteiger partial charge in [-0.05, 0) is 6.92 Å². The lowest BCUT2D eigenvalue weighted by Gasteiger charge is -1.94. The minimum Gasteiger partial charge on any atom is -0.325 e. The summed E-state index contributed by atoms with van der Waals surface area (Å²) in [6.45, 7) is 3.32. The summed E-state index contributed by atoms with van der Waals surface area (Å²) >= 11 is 0. The van der Waals surface area contributed by atoms with Crippen molar-refractivity contribution in [2.75, 3.05) is 5.75 Å². The van der Waals surface area contributed by atoms with Crippen molar-refractivity contribution in [3.05, 3.63) is 11.5 Å². The number of sulfone groups is 1. The third-order valence-electron chi connectivity index (χ3n) is 0.992. The van der Waals surface area contributed by atoms with Crippen LogP contribution in [0.15, 0.2) is 11.5 Å². The van der Waals surface area contributed by atoms with Crippen LogP contribution in [0.1, 0.15) is 13.8 Å². The van der Waals surface area contributed by atoms with Crippen LogP contribution in [0.3, 0.4) is 0 Å². The Balaban J connectivity index is 4.15. The Morgan fingerprint density at radius 3 is 2.40 bits per heavy atom. The highest BCUT2D eigenvalue weighted by atomic mass is 32.2. The van der Waals surface area contributed by atoms with E-state index in [1.165, 1.54) is 6.08 Å². The van der Waals surface area contributed by atoms with Crippen LogP contribution in [0.2, 0.25) is 0 Å². The average Bonchev–Trinajstić information content (AvgIpc) is 1.85. The van der Waals surface area contributed by atoms with Gasteiger partial charge in [0.25, 0.3) is 0 Å². The summed E-state index contributed by atoms with van der Waals surface area (Å²) in [5, 5.41) is 1.16. The lowest BCUT2D eigenvalue weighted by molar-refractivity contribution is 0.605. The normalized spacial score (nSPS) is 15.9. The van der Waals surface area contributed by atoms with Crippen molar-refractivity contribution in [2.45, 2.75) is 19.9 Å². The SMILES string of the molecule is CCS(=O)(=O)/C=C/[C@@H](C)N. The lowest BCUT2D eigenvalue weighted by Crippen LogP contribution is -2.11. The second-order valence-corrected chi connectivity index (χ2v) is 4.31. The molecule has 0 unspecified atom stereocenters. The first-order valence-electron chi connectivity index (χ1n) is 3.14. The zero-order chi connectivity index (χ0) is 8.20. The van der Waals surface area contributed by atoms with E-state index in [1.807, 2.05) is 0 Å². The topological polar surface area (TPSA) is 60.2 Å². The molecule has 0 saturated carbocycles. The van der Waals surface area contributed by atoms with E-state index in [1.54, 1.807) is 13.8 Å². The molecule has 0 spiro atoms. The van der Waals surface area contributed by atoms with E-state index >= 15 is 0 Å². The highest BCUT2D eigenvalue weighted by Gasteiger charge is 1.99. The van der Waals surface area contributed by atoms with Crippen LogP contribution in [0.4, 0.5) is 0 Å². The summed E-state index contributed by atoms with van der Waals surface area (Å²) in [5.74, 6) is 0.135. The molecule has 0 radical (unpaired) electrons. The van der Waals surface area contributed by atoms with Crippen LogP contribution in [0.5, 0.6) is 0 Å². The number of rotatable bonds is 3. The maximum Gasteiger partial charge on any atom is 0.171 e. The summed E-state index contributed by atoms with van der Waals surface area (Å²) in [4.78, 5) is 0. The van der Waals surface area contributed by atoms with Crippen molar-refractivity contribution >= 4 is 9.84 Å². The minimum atomic E-state index is -2.98. The molecule has 1 atom stereocenters. The Bertz CT molecular complexity index is 204. The highest BCUT2D eigenvalue weighted by Crippen LogP contribution is 1.92. The van der Waals surface area contributed by atoms with Gasteiger partial charge in [0, 0.05) is 11.4 Å². The zero-order valence-electron chi connectivity index (χ0n) is 6.24. The second kappa shape index (κ2) is 3.73. The van der Waals surface area contributed by atoms with E-state index < -0.39 is 9.84 Å². The molecule has 0 bridgehead atoms. The standard InChI is InChI=1S/C6H13NO2S/c1-3-10(8,9)5-4-6(2)7/h4-6H,3,7H2,1-2H3/b5-4+/t6-/m1/s1.